The van der Waals surface area contributed by atoms with Gasteiger partial charge in [-0.05, 0) is 24.7 Å². The lowest BCUT2D eigenvalue weighted by molar-refractivity contribution is -0.139. The molecule has 2 aromatic rings. The molecule has 18 heavy (non-hydrogen) atoms. The number of aromatic nitrogens is 2. The van der Waals surface area contributed by atoms with Gasteiger partial charge in [0.25, 0.3) is 0 Å². The van der Waals surface area contributed by atoms with Gasteiger partial charge in [-0.25, -0.2) is 4.98 Å². The Hall–Kier alpha value is -1.92. The van der Waals surface area contributed by atoms with Crippen LogP contribution in [0.1, 0.15) is 11.6 Å². The van der Waals surface area contributed by atoms with Crippen molar-refractivity contribution in [1.82, 2.24) is 14.9 Å². The average Bonchev–Trinajstić information content (AvgIpc) is 2.71. The van der Waals surface area contributed by atoms with Crippen molar-refractivity contribution in [3.05, 3.63) is 30.1 Å². The molecule has 0 aliphatic rings. The molecule has 2 unspecified atom stereocenters. The predicted molar refractivity (Wildman–Crippen MR) is 68.1 cm³/mol. The molecular weight excluding hydrogens is 232 g/mol. The minimum absolute atomic E-state index is 0.612. The van der Waals surface area contributed by atoms with Gasteiger partial charge in [-0.15, -0.1) is 0 Å². The highest BCUT2D eigenvalue weighted by atomic mass is 16.4. The van der Waals surface area contributed by atoms with Crippen molar-refractivity contribution < 1.29 is 9.90 Å². The lowest BCUT2D eigenvalue weighted by Gasteiger charge is -2.19. The second-order valence-electron chi connectivity index (χ2n) is 4.23. The zero-order valence-electron chi connectivity index (χ0n) is 10.3. The van der Waals surface area contributed by atoms with Gasteiger partial charge in [0.05, 0.1) is 23.4 Å². The van der Waals surface area contributed by atoms with Gasteiger partial charge in [0, 0.05) is 7.05 Å². The van der Waals surface area contributed by atoms with Gasteiger partial charge < -0.3 is 20.7 Å². The summed E-state index contributed by atoms with van der Waals surface area (Å²) in [4.78, 5) is 15.3. The first-order valence-corrected chi connectivity index (χ1v) is 5.61. The fourth-order valence-corrected chi connectivity index (χ4v) is 2.01. The van der Waals surface area contributed by atoms with E-state index in [2.05, 4.69) is 10.3 Å². The SMILES string of the molecule is CNC(C(=O)O)C(N)c1ccc2c(c1)ncn2C. The third-order valence-corrected chi connectivity index (χ3v) is 3.07. The van der Waals surface area contributed by atoms with Crippen LogP contribution in [0.2, 0.25) is 0 Å². The largest absolute Gasteiger partial charge is 0.480 e. The number of carboxylic acid groups (broad SMARTS) is 1. The highest BCUT2D eigenvalue weighted by molar-refractivity contribution is 5.78. The normalized spacial score (nSPS) is 14.6. The molecule has 6 nitrogen and oxygen atoms in total. The number of imidazole rings is 1. The lowest BCUT2D eigenvalue weighted by Crippen LogP contribution is -2.43. The van der Waals surface area contributed by atoms with Crippen LogP contribution in [-0.2, 0) is 11.8 Å². The van der Waals surface area contributed by atoms with Crippen LogP contribution in [0, 0.1) is 0 Å². The van der Waals surface area contributed by atoms with Gasteiger partial charge in [0.1, 0.15) is 6.04 Å². The first-order valence-electron chi connectivity index (χ1n) is 5.61. The van der Waals surface area contributed by atoms with Crippen LogP contribution < -0.4 is 11.1 Å². The van der Waals surface area contributed by atoms with Gasteiger partial charge in [-0.2, -0.15) is 0 Å². The van der Waals surface area contributed by atoms with Crippen LogP contribution in [-0.4, -0.2) is 33.7 Å². The first-order chi connectivity index (χ1) is 8.54. The van der Waals surface area contributed by atoms with Gasteiger partial charge in [-0.3, -0.25) is 4.79 Å². The number of hydrogen-bond acceptors (Lipinski definition) is 4. The molecule has 1 aromatic heterocycles. The van der Waals surface area contributed by atoms with Crippen molar-refractivity contribution in [3.63, 3.8) is 0 Å². The molecule has 1 heterocycles. The molecule has 2 atom stereocenters. The molecule has 2 rings (SSSR count). The standard InChI is InChI=1S/C12H16N4O2/c1-14-11(12(17)18)10(13)7-3-4-9-8(5-7)15-6-16(9)2/h3-6,10-11,14H,13H2,1-2H3,(H,17,18). The van der Waals surface area contributed by atoms with E-state index in [-0.39, 0.29) is 0 Å². The van der Waals surface area contributed by atoms with Crippen LogP contribution in [0.15, 0.2) is 24.5 Å². The molecule has 0 fully saturated rings. The first kappa shape index (κ1) is 12.5. The summed E-state index contributed by atoms with van der Waals surface area (Å²) in [7, 11) is 3.49. The van der Waals surface area contributed by atoms with Gasteiger partial charge in [-0.1, -0.05) is 6.07 Å². The summed E-state index contributed by atoms with van der Waals surface area (Å²) < 4.78 is 1.90. The van der Waals surface area contributed by atoms with E-state index in [0.29, 0.717) is 0 Å². The highest BCUT2D eigenvalue weighted by Crippen LogP contribution is 2.20. The number of rotatable bonds is 4. The molecule has 0 amide bonds. The molecule has 0 saturated carbocycles. The molecule has 1 aromatic carbocycles. The average molecular weight is 248 g/mol. The maximum Gasteiger partial charge on any atom is 0.322 e. The number of carboxylic acids is 1. The quantitative estimate of drug-likeness (QED) is 0.721. The Morgan fingerprint density at radius 2 is 2.28 bits per heavy atom. The number of hydrogen-bond donors (Lipinski definition) is 3. The molecule has 4 N–H and O–H groups in total. The minimum Gasteiger partial charge on any atom is -0.480 e. The highest BCUT2D eigenvalue weighted by Gasteiger charge is 2.24. The van der Waals surface area contributed by atoms with E-state index in [1.54, 1.807) is 13.4 Å². The van der Waals surface area contributed by atoms with Crippen molar-refractivity contribution in [2.75, 3.05) is 7.05 Å². The van der Waals surface area contributed by atoms with E-state index >= 15 is 0 Å². The Kier molecular flexibility index (Phi) is 3.31. The summed E-state index contributed by atoms with van der Waals surface area (Å²) in [6, 6.07) is 4.13. The third kappa shape index (κ3) is 2.07. The van der Waals surface area contributed by atoms with Crippen LogP contribution in [0.5, 0.6) is 0 Å². The fourth-order valence-electron chi connectivity index (χ4n) is 2.01. The Morgan fingerprint density at radius 1 is 1.56 bits per heavy atom. The van der Waals surface area contributed by atoms with E-state index in [0.717, 1.165) is 16.6 Å². The van der Waals surface area contributed by atoms with E-state index < -0.39 is 18.1 Å². The molecule has 0 spiro atoms. The van der Waals surface area contributed by atoms with E-state index in [1.807, 2.05) is 29.8 Å². The predicted octanol–water partition coefficient (Wildman–Crippen LogP) is 0.246. The van der Waals surface area contributed by atoms with Gasteiger partial charge in [0.15, 0.2) is 0 Å². The van der Waals surface area contributed by atoms with E-state index in [9.17, 15) is 4.79 Å². The number of nitrogens with one attached hydrogen (secondary N) is 1. The van der Waals surface area contributed by atoms with Crippen molar-refractivity contribution >= 4 is 17.0 Å². The Bertz CT molecular complexity index is 578. The molecule has 0 saturated heterocycles. The Labute approximate surface area is 104 Å². The molecule has 0 radical (unpaired) electrons. The van der Waals surface area contributed by atoms with Crippen molar-refractivity contribution in [1.29, 1.82) is 0 Å². The summed E-state index contributed by atoms with van der Waals surface area (Å²) in [5, 5.41) is 11.8. The Balaban J connectivity index is 2.38. The van der Waals surface area contributed by atoms with E-state index in [1.165, 1.54) is 0 Å². The van der Waals surface area contributed by atoms with Crippen LogP contribution in [0.4, 0.5) is 0 Å². The summed E-state index contributed by atoms with van der Waals surface area (Å²) in [6.45, 7) is 0. The fraction of sp³-hybridized carbons (Fsp3) is 0.333. The lowest BCUT2D eigenvalue weighted by atomic mass is 10.00. The topological polar surface area (TPSA) is 93.2 Å². The van der Waals surface area contributed by atoms with Crippen molar-refractivity contribution in [2.24, 2.45) is 12.8 Å². The molecule has 6 heteroatoms. The maximum atomic E-state index is 11.1. The summed E-state index contributed by atoms with van der Waals surface area (Å²) in [6.07, 6.45) is 1.71. The van der Waals surface area contributed by atoms with E-state index in [4.69, 9.17) is 10.8 Å². The number of benzene rings is 1. The van der Waals surface area contributed by atoms with Crippen LogP contribution in [0.3, 0.4) is 0 Å². The number of aliphatic carboxylic acids is 1. The summed E-state index contributed by atoms with van der Waals surface area (Å²) in [5.41, 5.74) is 8.52. The molecule has 0 aliphatic carbocycles. The number of fused-ring (bicyclic) bond motifs is 1. The number of aryl methyl sites for hydroxylation is 1. The molecular formula is C12H16N4O2. The zero-order valence-corrected chi connectivity index (χ0v) is 10.3. The second-order valence-corrected chi connectivity index (χ2v) is 4.23. The smallest absolute Gasteiger partial charge is 0.322 e. The van der Waals surface area contributed by atoms with Crippen molar-refractivity contribution in [3.8, 4) is 0 Å². The van der Waals surface area contributed by atoms with Crippen LogP contribution >= 0.6 is 0 Å². The minimum atomic E-state index is -0.967. The number of nitrogens with two attached hydrogens (primary N) is 1. The molecule has 0 aliphatic heterocycles. The Morgan fingerprint density at radius 3 is 2.89 bits per heavy atom. The molecule has 96 valence electrons. The molecule has 0 bridgehead atoms. The zero-order chi connectivity index (χ0) is 13.3. The monoisotopic (exact) mass is 248 g/mol. The van der Waals surface area contributed by atoms with Crippen molar-refractivity contribution in [2.45, 2.75) is 12.1 Å². The second kappa shape index (κ2) is 4.75. The van der Waals surface area contributed by atoms with Gasteiger partial charge in [0.2, 0.25) is 0 Å². The summed E-state index contributed by atoms with van der Waals surface area (Å²) in [5.74, 6) is -0.967. The maximum absolute atomic E-state index is 11.1. The summed E-state index contributed by atoms with van der Waals surface area (Å²) >= 11 is 0. The number of carbonyl (C=O) groups is 1. The number of likely N-dealkylation sites (N-methyl/N-ethyl adjacent to an activating group) is 1. The van der Waals surface area contributed by atoms with Gasteiger partial charge >= 0.3 is 5.97 Å². The van der Waals surface area contributed by atoms with Crippen LogP contribution in [0.25, 0.3) is 11.0 Å². The third-order valence-electron chi connectivity index (χ3n) is 3.07. The number of nitrogens with zero attached hydrogens (tertiary/aromatic N) is 2.